The van der Waals surface area contributed by atoms with E-state index in [1.54, 1.807) is 27.7 Å². The molecule has 0 aromatic carbocycles. The fourth-order valence-electron chi connectivity index (χ4n) is 5.32. The van der Waals surface area contributed by atoms with Crippen LogP contribution >= 0.6 is 0 Å². The molecule has 13 nitrogen and oxygen atoms in total. The maximum Gasteiger partial charge on any atom is 0.307 e. The van der Waals surface area contributed by atoms with Crippen LogP contribution in [0.15, 0.2) is 0 Å². The number of fused-ring (bicyclic) bond motifs is 2. The molecule has 13 heteroatoms. The zero-order valence-corrected chi connectivity index (χ0v) is 21.8. The molecule has 4 fully saturated rings. The molecule has 4 heterocycles. The van der Waals surface area contributed by atoms with Gasteiger partial charge in [-0.3, -0.25) is 9.59 Å². The van der Waals surface area contributed by atoms with E-state index >= 15 is 0 Å². The van der Waals surface area contributed by atoms with Crippen LogP contribution in [0.3, 0.4) is 0 Å². The highest BCUT2D eigenvalue weighted by molar-refractivity contribution is 5.78. The lowest BCUT2D eigenvalue weighted by Crippen LogP contribution is -2.53. The van der Waals surface area contributed by atoms with E-state index < -0.39 is 84.7 Å². The summed E-state index contributed by atoms with van der Waals surface area (Å²) in [5.74, 6) is -2.58. The molecule has 0 saturated carbocycles. The quantitative estimate of drug-likeness (QED) is 0.379. The average molecular weight is 519 g/mol. The van der Waals surface area contributed by atoms with Gasteiger partial charge in [-0.2, -0.15) is 0 Å². The molecule has 0 aromatic rings. The van der Waals surface area contributed by atoms with Gasteiger partial charge in [0.1, 0.15) is 36.6 Å². The van der Waals surface area contributed by atoms with Crippen molar-refractivity contribution >= 4 is 11.9 Å². The van der Waals surface area contributed by atoms with E-state index in [9.17, 15) is 9.59 Å². The largest absolute Gasteiger partial charge is 0.469 e. The normalized spacial score (nSPS) is 39.9. The van der Waals surface area contributed by atoms with Crippen molar-refractivity contribution < 1.29 is 52.2 Å². The second-order valence-corrected chi connectivity index (χ2v) is 10.4. The Morgan fingerprint density at radius 3 is 1.83 bits per heavy atom. The Balaban J connectivity index is 1.41. The molecular formula is C23H38N2O11. The van der Waals surface area contributed by atoms with E-state index in [2.05, 4.69) is 5.32 Å². The van der Waals surface area contributed by atoms with Crippen molar-refractivity contribution in [2.75, 3.05) is 21.3 Å². The molecule has 1 amide bonds. The number of esters is 1. The topological polar surface area (TPSA) is 155 Å². The monoisotopic (exact) mass is 518 g/mol. The first-order valence-corrected chi connectivity index (χ1v) is 12.1. The van der Waals surface area contributed by atoms with Crippen molar-refractivity contribution in [1.29, 1.82) is 0 Å². The molecular weight excluding hydrogens is 480 g/mol. The molecule has 36 heavy (non-hydrogen) atoms. The van der Waals surface area contributed by atoms with Crippen molar-refractivity contribution in [2.45, 2.75) is 113 Å². The first kappa shape index (κ1) is 27.6. The minimum absolute atomic E-state index is 0.109. The second kappa shape index (κ2) is 10.4. The number of amides is 1. The lowest BCUT2D eigenvalue weighted by atomic mass is 9.98. The van der Waals surface area contributed by atoms with Gasteiger partial charge in [-0.1, -0.05) is 0 Å². The first-order chi connectivity index (χ1) is 16.9. The van der Waals surface area contributed by atoms with E-state index in [-0.39, 0.29) is 12.8 Å². The third kappa shape index (κ3) is 5.54. The molecule has 4 rings (SSSR count). The van der Waals surface area contributed by atoms with Crippen LogP contribution in [0.2, 0.25) is 0 Å². The summed E-state index contributed by atoms with van der Waals surface area (Å²) >= 11 is 0. The number of ether oxygens (including phenoxy) is 9. The highest BCUT2D eigenvalue weighted by Crippen LogP contribution is 2.41. The number of carbonyl (C=O) groups is 2. The number of hydrogen-bond acceptors (Lipinski definition) is 12. The summed E-state index contributed by atoms with van der Waals surface area (Å²) in [5, 5.41) is 2.85. The molecule has 0 aliphatic carbocycles. The predicted molar refractivity (Wildman–Crippen MR) is 120 cm³/mol. The molecule has 0 aromatic heterocycles. The number of rotatable bonds is 9. The van der Waals surface area contributed by atoms with Gasteiger partial charge >= 0.3 is 5.97 Å². The first-order valence-electron chi connectivity index (χ1n) is 12.1. The summed E-state index contributed by atoms with van der Waals surface area (Å²) in [5.41, 5.74) is 6.37. The Hall–Kier alpha value is -1.42. The number of carbonyl (C=O) groups excluding carboxylic acids is 2. The number of methoxy groups -OCH3 is 3. The lowest BCUT2D eigenvalue weighted by molar-refractivity contribution is -0.220. The predicted octanol–water partition coefficient (Wildman–Crippen LogP) is -0.465. The van der Waals surface area contributed by atoms with Gasteiger partial charge in [0.15, 0.2) is 24.2 Å². The minimum Gasteiger partial charge on any atom is -0.469 e. The highest BCUT2D eigenvalue weighted by Gasteiger charge is 2.58. The molecule has 0 radical (unpaired) electrons. The zero-order chi connectivity index (χ0) is 26.4. The number of nitrogens with one attached hydrogen (secondary N) is 1. The SMILES string of the molecule is COC(=O)CC(NC(=O)CC(N)[C@@H]1O[C@@H]2OC(C)(C)O[C@@H]2[C@H]1OC)[C@H]1O[C@@H]2OC(C)(C)O[C@@H]2[C@H]1OC. The smallest absolute Gasteiger partial charge is 0.307 e. The Bertz CT molecular complexity index is 824. The number of hydrogen-bond donors (Lipinski definition) is 2. The highest BCUT2D eigenvalue weighted by atomic mass is 16.9. The minimum atomic E-state index is -0.842. The summed E-state index contributed by atoms with van der Waals surface area (Å²) in [6, 6.07) is -1.51. The fourth-order valence-corrected chi connectivity index (χ4v) is 5.32. The van der Waals surface area contributed by atoms with Crippen LogP contribution in [0.25, 0.3) is 0 Å². The molecule has 4 saturated heterocycles. The summed E-state index contributed by atoms with van der Waals surface area (Å²) < 4.78 is 51.4. The third-order valence-electron chi connectivity index (χ3n) is 6.80. The summed E-state index contributed by atoms with van der Waals surface area (Å²) in [7, 11) is 4.31. The van der Waals surface area contributed by atoms with Gasteiger partial charge in [0.25, 0.3) is 0 Å². The van der Waals surface area contributed by atoms with Crippen LogP contribution in [0.5, 0.6) is 0 Å². The maximum absolute atomic E-state index is 13.1. The van der Waals surface area contributed by atoms with Crippen molar-refractivity contribution in [3.05, 3.63) is 0 Å². The summed E-state index contributed by atoms with van der Waals surface area (Å²) in [4.78, 5) is 25.2. The van der Waals surface area contributed by atoms with E-state index in [0.717, 1.165) is 0 Å². The van der Waals surface area contributed by atoms with E-state index in [0.29, 0.717) is 0 Å². The van der Waals surface area contributed by atoms with Crippen LogP contribution in [0.1, 0.15) is 40.5 Å². The van der Waals surface area contributed by atoms with Crippen molar-refractivity contribution in [3.63, 3.8) is 0 Å². The van der Waals surface area contributed by atoms with Gasteiger partial charge in [0, 0.05) is 26.7 Å². The molecule has 4 aliphatic rings. The summed E-state index contributed by atoms with van der Waals surface area (Å²) in [6.07, 6.45) is -5.05. The van der Waals surface area contributed by atoms with E-state index in [4.69, 9.17) is 48.4 Å². The molecule has 4 aliphatic heterocycles. The Kier molecular flexibility index (Phi) is 7.97. The van der Waals surface area contributed by atoms with Gasteiger partial charge in [-0.25, -0.2) is 0 Å². The van der Waals surface area contributed by atoms with E-state index in [1.807, 2.05) is 0 Å². The van der Waals surface area contributed by atoms with Crippen molar-refractivity contribution in [1.82, 2.24) is 5.32 Å². The number of nitrogens with two attached hydrogens (primary N) is 1. The summed E-state index contributed by atoms with van der Waals surface area (Å²) in [6.45, 7) is 7.12. The van der Waals surface area contributed by atoms with Crippen molar-refractivity contribution in [2.24, 2.45) is 5.73 Å². The molecule has 2 unspecified atom stereocenters. The Morgan fingerprint density at radius 1 is 0.833 bits per heavy atom. The Labute approximate surface area is 210 Å². The van der Waals surface area contributed by atoms with Crippen LogP contribution in [0, 0.1) is 0 Å². The van der Waals surface area contributed by atoms with Gasteiger partial charge < -0.3 is 53.7 Å². The van der Waals surface area contributed by atoms with Gasteiger partial charge in [0.05, 0.1) is 19.6 Å². The molecule has 3 N–H and O–H groups in total. The second-order valence-electron chi connectivity index (χ2n) is 10.4. The lowest BCUT2D eigenvalue weighted by Gasteiger charge is -2.31. The zero-order valence-electron chi connectivity index (χ0n) is 21.8. The Morgan fingerprint density at radius 2 is 1.33 bits per heavy atom. The molecule has 0 bridgehead atoms. The van der Waals surface area contributed by atoms with Gasteiger partial charge in [-0.15, -0.1) is 0 Å². The van der Waals surface area contributed by atoms with Gasteiger partial charge in [-0.05, 0) is 27.7 Å². The van der Waals surface area contributed by atoms with E-state index in [1.165, 1.54) is 21.3 Å². The van der Waals surface area contributed by atoms with Crippen molar-refractivity contribution in [3.8, 4) is 0 Å². The van der Waals surface area contributed by atoms with Gasteiger partial charge in [0.2, 0.25) is 5.91 Å². The standard InChI is InChI=1S/C23H38N2O11/c1-22(2)33-18-16(29-6)14(31-20(18)35-22)10(24)8-12(26)25-11(9-13(27)28-5)15-17(30-7)19-21(32-15)36-23(3,4)34-19/h10-11,14-21H,8-9,24H2,1-7H3,(H,25,26)/t10?,11?,14-,15+,16-,17-,18+,19+,20+,21+/m0/s1. The van der Waals surface area contributed by atoms with Crippen LogP contribution < -0.4 is 11.1 Å². The fraction of sp³-hybridized carbons (Fsp3) is 0.913. The van der Waals surface area contributed by atoms with Crippen LogP contribution in [0.4, 0.5) is 0 Å². The third-order valence-corrected chi connectivity index (χ3v) is 6.80. The molecule has 0 spiro atoms. The maximum atomic E-state index is 13.1. The van der Waals surface area contributed by atoms with Crippen LogP contribution in [-0.4, -0.2) is 106 Å². The molecule has 10 atom stereocenters. The van der Waals surface area contributed by atoms with Crippen LogP contribution in [-0.2, 0) is 52.2 Å². The molecule has 206 valence electrons. The average Bonchev–Trinajstić information content (AvgIpc) is 3.46.